The average molecular weight is 291 g/mol. The Morgan fingerprint density at radius 1 is 1.29 bits per heavy atom. The third-order valence-corrected chi connectivity index (χ3v) is 4.16. The van der Waals surface area contributed by atoms with Gasteiger partial charge >= 0.3 is 5.97 Å². The summed E-state index contributed by atoms with van der Waals surface area (Å²) in [6, 6.07) is 9.19. The zero-order valence-corrected chi connectivity index (χ0v) is 12.8. The number of carbonyl (C=O) groups is 1. The van der Waals surface area contributed by atoms with E-state index in [-0.39, 0.29) is 18.2 Å². The van der Waals surface area contributed by atoms with E-state index in [1.54, 1.807) is 0 Å². The first kappa shape index (κ1) is 15.8. The van der Waals surface area contributed by atoms with Crippen molar-refractivity contribution in [1.29, 1.82) is 0 Å². The van der Waals surface area contributed by atoms with Gasteiger partial charge in [-0.3, -0.25) is 4.79 Å². The molecule has 1 aliphatic heterocycles. The van der Waals surface area contributed by atoms with Gasteiger partial charge in [0.25, 0.3) is 0 Å². The maximum atomic E-state index is 11.9. The van der Waals surface area contributed by atoms with Crippen molar-refractivity contribution < 1.29 is 14.3 Å². The van der Waals surface area contributed by atoms with Crippen LogP contribution in [0.5, 0.6) is 5.75 Å². The molecule has 1 heterocycles. The first-order chi connectivity index (χ1) is 10.1. The van der Waals surface area contributed by atoms with E-state index in [0.717, 1.165) is 25.0 Å². The maximum absolute atomic E-state index is 11.9. The van der Waals surface area contributed by atoms with Crippen LogP contribution in [0.15, 0.2) is 30.3 Å². The number of ether oxygens (including phenoxy) is 2. The summed E-state index contributed by atoms with van der Waals surface area (Å²) in [5.41, 5.74) is 5.85. The van der Waals surface area contributed by atoms with E-state index in [1.807, 2.05) is 37.3 Å². The molecule has 4 unspecified atom stereocenters. The minimum Gasteiger partial charge on any atom is -0.486 e. The van der Waals surface area contributed by atoms with Crippen LogP contribution in [0.3, 0.4) is 0 Å². The highest BCUT2D eigenvalue weighted by molar-refractivity contribution is 5.75. The van der Waals surface area contributed by atoms with Crippen molar-refractivity contribution in [2.45, 2.75) is 57.8 Å². The van der Waals surface area contributed by atoms with Crippen LogP contribution in [0, 0.1) is 5.92 Å². The smallest absolute Gasteiger partial charge is 0.323 e. The predicted molar refractivity (Wildman–Crippen MR) is 82.0 cm³/mol. The van der Waals surface area contributed by atoms with Gasteiger partial charge in [-0.15, -0.1) is 0 Å². The lowest BCUT2D eigenvalue weighted by atomic mass is 9.90. The first-order valence-corrected chi connectivity index (χ1v) is 7.79. The molecule has 4 heteroatoms. The minimum absolute atomic E-state index is 0.133. The van der Waals surface area contributed by atoms with Gasteiger partial charge in [-0.1, -0.05) is 31.5 Å². The number of esters is 1. The van der Waals surface area contributed by atoms with Gasteiger partial charge < -0.3 is 15.2 Å². The Morgan fingerprint density at radius 3 is 2.67 bits per heavy atom. The molecular weight excluding hydrogens is 266 g/mol. The minimum atomic E-state index is -0.513. The summed E-state index contributed by atoms with van der Waals surface area (Å²) in [4.78, 5) is 11.9. The van der Waals surface area contributed by atoms with E-state index < -0.39 is 6.04 Å². The fraction of sp³-hybridized carbons (Fsp3) is 0.588. The van der Waals surface area contributed by atoms with E-state index in [9.17, 15) is 4.79 Å². The quantitative estimate of drug-likeness (QED) is 0.870. The van der Waals surface area contributed by atoms with Crippen molar-refractivity contribution >= 4 is 5.97 Å². The lowest BCUT2D eigenvalue weighted by molar-refractivity contribution is -0.155. The number of rotatable bonds is 3. The van der Waals surface area contributed by atoms with Gasteiger partial charge in [-0.25, -0.2) is 0 Å². The lowest BCUT2D eigenvalue weighted by Crippen LogP contribution is -2.41. The van der Waals surface area contributed by atoms with Crippen molar-refractivity contribution in [2.24, 2.45) is 11.7 Å². The second-order valence-electron chi connectivity index (χ2n) is 5.74. The molecule has 0 saturated carbocycles. The maximum Gasteiger partial charge on any atom is 0.323 e. The van der Waals surface area contributed by atoms with E-state index in [0.29, 0.717) is 12.3 Å². The number of benzene rings is 1. The molecule has 0 aromatic heterocycles. The lowest BCUT2D eigenvalue weighted by Gasteiger charge is -2.31. The molecule has 0 bridgehead atoms. The summed E-state index contributed by atoms with van der Waals surface area (Å²) in [6.07, 6.45) is 3.17. The molecule has 1 aromatic carbocycles. The molecule has 1 fully saturated rings. The second kappa shape index (κ2) is 7.46. The summed E-state index contributed by atoms with van der Waals surface area (Å²) in [5, 5.41) is 0. The number of hydrogen-bond donors (Lipinski definition) is 1. The largest absolute Gasteiger partial charge is 0.486 e. The van der Waals surface area contributed by atoms with E-state index in [1.165, 1.54) is 0 Å². The third kappa shape index (κ3) is 4.21. The summed E-state index contributed by atoms with van der Waals surface area (Å²) in [5.74, 6) is 0.853. The highest BCUT2D eigenvalue weighted by Gasteiger charge is 2.33. The van der Waals surface area contributed by atoms with E-state index in [4.69, 9.17) is 15.2 Å². The standard InChI is InChI=1S/C17H25NO3/c1-3-13-8-7-11-15(18)17(19)20-12(2)16(13)21-14-9-5-4-6-10-14/h4-6,9-10,12-13,15-16H,3,7-8,11,18H2,1-2H3. The molecule has 116 valence electrons. The molecule has 2 N–H and O–H groups in total. The molecule has 4 nitrogen and oxygen atoms in total. The monoisotopic (exact) mass is 291 g/mol. The fourth-order valence-corrected chi connectivity index (χ4v) is 2.89. The van der Waals surface area contributed by atoms with Gasteiger partial charge in [0.2, 0.25) is 0 Å². The number of para-hydroxylation sites is 1. The van der Waals surface area contributed by atoms with Crippen molar-refractivity contribution in [3.8, 4) is 5.75 Å². The molecule has 4 atom stereocenters. The average Bonchev–Trinajstić information content (AvgIpc) is 2.54. The van der Waals surface area contributed by atoms with Crippen molar-refractivity contribution in [2.75, 3.05) is 0 Å². The molecule has 21 heavy (non-hydrogen) atoms. The van der Waals surface area contributed by atoms with Gasteiger partial charge in [0.1, 0.15) is 24.0 Å². The Kier molecular flexibility index (Phi) is 5.62. The second-order valence-corrected chi connectivity index (χ2v) is 5.74. The molecule has 0 spiro atoms. The van der Waals surface area contributed by atoms with Crippen LogP contribution in [0.2, 0.25) is 0 Å². The Balaban J connectivity index is 2.17. The molecule has 2 rings (SSSR count). The predicted octanol–water partition coefficient (Wildman–Crippen LogP) is 2.90. The molecule has 0 radical (unpaired) electrons. The zero-order valence-electron chi connectivity index (χ0n) is 12.8. The molecule has 0 amide bonds. The Hall–Kier alpha value is -1.55. The van der Waals surface area contributed by atoms with Crippen LogP contribution in [0.25, 0.3) is 0 Å². The van der Waals surface area contributed by atoms with Gasteiger partial charge in [-0.2, -0.15) is 0 Å². The number of nitrogens with two attached hydrogens (primary N) is 1. The SMILES string of the molecule is CCC1CCCC(N)C(=O)OC(C)C1Oc1ccccc1. The third-order valence-electron chi connectivity index (χ3n) is 4.16. The Morgan fingerprint density at radius 2 is 2.00 bits per heavy atom. The normalized spacial score (nSPS) is 30.7. The topological polar surface area (TPSA) is 61.6 Å². The summed E-state index contributed by atoms with van der Waals surface area (Å²) in [7, 11) is 0. The van der Waals surface area contributed by atoms with Gasteiger partial charge in [0.15, 0.2) is 0 Å². The van der Waals surface area contributed by atoms with E-state index >= 15 is 0 Å². The van der Waals surface area contributed by atoms with Crippen molar-refractivity contribution in [3.05, 3.63) is 30.3 Å². The van der Waals surface area contributed by atoms with Crippen LogP contribution < -0.4 is 10.5 Å². The summed E-state index contributed by atoms with van der Waals surface area (Å²) < 4.78 is 11.6. The molecule has 1 aromatic rings. The summed E-state index contributed by atoms with van der Waals surface area (Å²) >= 11 is 0. The molecule has 1 aliphatic rings. The van der Waals surface area contributed by atoms with Gasteiger partial charge in [0, 0.05) is 0 Å². The van der Waals surface area contributed by atoms with Gasteiger partial charge in [0.05, 0.1) is 0 Å². The van der Waals surface area contributed by atoms with E-state index in [2.05, 4.69) is 6.92 Å². The van der Waals surface area contributed by atoms with Gasteiger partial charge in [-0.05, 0) is 44.2 Å². The highest BCUT2D eigenvalue weighted by atomic mass is 16.6. The zero-order chi connectivity index (χ0) is 15.2. The van der Waals surface area contributed by atoms with Crippen LogP contribution in [-0.4, -0.2) is 24.2 Å². The van der Waals surface area contributed by atoms with Crippen molar-refractivity contribution in [3.63, 3.8) is 0 Å². The van der Waals surface area contributed by atoms with Crippen LogP contribution in [0.1, 0.15) is 39.5 Å². The Bertz CT molecular complexity index is 449. The fourth-order valence-electron chi connectivity index (χ4n) is 2.89. The highest BCUT2D eigenvalue weighted by Crippen LogP contribution is 2.27. The van der Waals surface area contributed by atoms with Crippen LogP contribution in [0.4, 0.5) is 0 Å². The molecule has 0 aliphatic carbocycles. The van der Waals surface area contributed by atoms with Crippen LogP contribution >= 0.6 is 0 Å². The Labute approximate surface area is 126 Å². The summed E-state index contributed by atoms with van der Waals surface area (Å²) in [6.45, 7) is 4.05. The molecule has 1 saturated heterocycles. The molecular formula is C17H25NO3. The van der Waals surface area contributed by atoms with Crippen LogP contribution in [-0.2, 0) is 9.53 Å². The number of carbonyl (C=O) groups excluding carboxylic acids is 1. The number of cyclic esters (lactones) is 1. The number of hydrogen-bond acceptors (Lipinski definition) is 4. The van der Waals surface area contributed by atoms with Crippen molar-refractivity contribution in [1.82, 2.24) is 0 Å². The first-order valence-electron chi connectivity index (χ1n) is 7.79.